The number of nitrogens with one attached hydrogen (secondary N) is 2. The monoisotopic (exact) mass is 363 g/mol. The van der Waals surface area contributed by atoms with E-state index < -0.39 is 0 Å². The van der Waals surface area contributed by atoms with E-state index in [0.29, 0.717) is 18.0 Å². The second-order valence-corrected chi connectivity index (χ2v) is 6.68. The van der Waals surface area contributed by atoms with Crippen LogP contribution in [-0.2, 0) is 9.59 Å². The highest BCUT2D eigenvalue weighted by molar-refractivity contribution is 7.14. The Morgan fingerprint density at radius 1 is 1.08 bits per heavy atom. The molecule has 0 saturated carbocycles. The number of amides is 2. The first-order chi connectivity index (χ1) is 12.2. The minimum Gasteiger partial charge on any atom is -0.356 e. The van der Waals surface area contributed by atoms with Crippen LogP contribution in [0.4, 0.5) is 5.13 Å². The van der Waals surface area contributed by atoms with Crippen LogP contribution in [0.15, 0.2) is 35.7 Å². The van der Waals surface area contributed by atoms with Gasteiger partial charge in [-0.15, -0.1) is 11.3 Å². The number of carbonyl (C=O) groups excluding carboxylic acids is 2. The summed E-state index contributed by atoms with van der Waals surface area (Å²) in [5.74, 6) is 0.103. The van der Waals surface area contributed by atoms with Crippen molar-refractivity contribution in [2.24, 2.45) is 0 Å². The Morgan fingerprint density at radius 3 is 2.60 bits per heavy atom. The summed E-state index contributed by atoms with van der Waals surface area (Å²) in [5, 5.41) is 8.32. The van der Waals surface area contributed by atoms with Crippen molar-refractivity contribution in [1.82, 2.24) is 10.3 Å². The van der Waals surface area contributed by atoms with Crippen molar-refractivity contribution in [1.29, 1.82) is 0 Å². The lowest BCUT2D eigenvalue weighted by Crippen LogP contribution is -2.23. The summed E-state index contributed by atoms with van der Waals surface area (Å²) in [5.41, 5.74) is 1.93. The van der Waals surface area contributed by atoms with Gasteiger partial charge in [-0.05, 0) is 12.8 Å². The van der Waals surface area contributed by atoms with E-state index in [2.05, 4.69) is 15.6 Å². The maximum atomic E-state index is 12.0. The Bertz CT molecular complexity index is 681. The molecule has 138 valence electrons. The van der Waals surface area contributed by atoms with Crippen LogP contribution in [0, 0.1) is 0 Å². The normalized spacial score (nSPS) is 10.4. The lowest BCUT2D eigenvalue weighted by atomic mass is 10.1. The summed E-state index contributed by atoms with van der Waals surface area (Å²) in [7, 11) is 0. The molecule has 0 aliphatic carbocycles. The largest absolute Gasteiger partial charge is 0.356 e. The van der Waals surface area contributed by atoms with Crippen molar-refractivity contribution in [3.8, 4) is 11.3 Å². The van der Waals surface area contributed by atoms with Crippen LogP contribution in [0.25, 0.3) is 11.3 Å². The molecule has 0 spiro atoms. The summed E-state index contributed by atoms with van der Waals surface area (Å²) in [4.78, 5) is 27.5. The van der Waals surface area contributed by atoms with E-state index in [0.717, 1.165) is 43.5 Å². The lowest BCUT2D eigenvalue weighted by molar-refractivity contribution is -0.120. The summed E-state index contributed by atoms with van der Waals surface area (Å²) in [6.07, 6.45) is 4.85. The number of unbranched alkanes of at least 4 members (excludes halogenated alkanes) is 3. The highest BCUT2D eigenvalue weighted by Gasteiger charge is 2.07. The zero-order chi connectivity index (χ0) is 17.9. The maximum Gasteiger partial charge on any atom is 0.226 e. The molecule has 0 unspecified atom stereocenters. The first kappa shape index (κ1) is 19.1. The van der Waals surface area contributed by atoms with Gasteiger partial charge < -0.3 is 10.6 Å². The summed E-state index contributed by atoms with van der Waals surface area (Å²) in [6.45, 7) is 2.57. The molecule has 0 fully saturated rings. The van der Waals surface area contributed by atoms with Crippen LogP contribution in [0.2, 0.25) is 0 Å². The Hall–Kier alpha value is -2.21. The van der Waals surface area contributed by atoms with Crippen molar-refractivity contribution in [2.75, 3.05) is 11.9 Å². The van der Waals surface area contributed by atoms with Crippen molar-refractivity contribution in [3.63, 3.8) is 0 Å². The minimum atomic E-state index is 0. The van der Waals surface area contributed by atoms with Gasteiger partial charge in [0.05, 0.1) is 5.69 Å². The zero-order valence-electron chi connectivity index (χ0n) is 14.6. The molecule has 25 heavy (non-hydrogen) atoms. The molecule has 0 atom stereocenters. The average molecular weight is 364 g/mol. The van der Waals surface area contributed by atoms with E-state index in [1.54, 1.807) is 0 Å². The van der Waals surface area contributed by atoms with Crippen LogP contribution < -0.4 is 10.6 Å². The van der Waals surface area contributed by atoms with Gasteiger partial charge in [0.2, 0.25) is 11.8 Å². The fraction of sp³-hybridized carbons (Fsp3) is 0.421. The van der Waals surface area contributed by atoms with Crippen molar-refractivity contribution in [3.05, 3.63) is 35.7 Å². The lowest BCUT2D eigenvalue weighted by Gasteiger charge is -2.04. The SMILES string of the molecule is CCC(=O)NCCCCCCC(=O)Nc1nc(-c2ccccc2)cs1.[HH].[HH]. The standard InChI is InChI=1S/C19H25N3O2S.2H2/c1-2-17(23)20-13-9-4-3-8-12-18(24)22-19-21-16(14-25-19)15-10-6-5-7-11-15;;/h5-7,10-11,14H,2-4,8-9,12-13H2,1H3,(H,20,23)(H,21,22,24);2*1H. The van der Waals surface area contributed by atoms with Gasteiger partial charge >= 0.3 is 0 Å². The van der Waals surface area contributed by atoms with Crippen molar-refractivity contribution in [2.45, 2.75) is 45.4 Å². The fourth-order valence-corrected chi connectivity index (χ4v) is 3.11. The van der Waals surface area contributed by atoms with Crippen molar-refractivity contribution < 1.29 is 12.4 Å². The highest BCUT2D eigenvalue weighted by atomic mass is 32.1. The molecular weight excluding hydrogens is 334 g/mol. The van der Waals surface area contributed by atoms with E-state index in [-0.39, 0.29) is 14.7 Å². The third-order valence-electron chi connectivity index (χ3n) is 3.79. The number of rotatable bonds is 10. The molecule has 0 radical (unpaired) electrons. The topological polar surface area (TPSA) is 71.1 Å². The average Bonchev–Trinajstić information content (AvgIpc) is 3.09. The molecule has 1 heterocycles. The number of aromatic nitrogens is 1. The second-order valence-electron chi connectivity index (χ2n) is 5.82. The summed E-state index contributed by atoms with van der Waals surface area (Å²) < 4.78 is 0. The third kappa shape index (κ3) is 7.05. The number of benzene rings is 1. The maximum absolute atomic E-state index is 12.0. The molecule has 2 amide bonds. The molecule has 0 aliphatic rings. The molecule has 2 N–H and O–H groups in total. The van der Waals surface area contributed by atoms with Gasteiger partial charge in [-0.1, -0.05) is 50.1 Å². The molecule has 1 aromatic carbocycles. The molecule has 5 nitrogen and oxygen atoms in total. The summed E-state index contributed by atoms with van der Waals surface area (Å²) >= 11 is 1.44. The molecular formula is C19H29N3O2S. The van der Waals surface area contributed by atoms with E-state index in [4.69, 9.17) is 0 Å². The second kappa shape index (κ2) is 10.6. The van der Waals surface area contributed by atoms with E-state index in [1.165, 1.54) is 11.3 Å². The number of thiazole rings is 1. The van der Waals surface area contributed by atoms with E-state index in [9.17, 15) is 9.59 Å². The number of hydrogen-bond donors (Lipinski definition) is 2. The Morgan fingerprint density at radius 2 is 1.84 bits per heavy atom. The Balaban J connectivity index is 0.00000338. The Labute approximate surface area is 155 Å². The Kier molecular flexibility index (Phi) is 8.12. The van der Waals surface area contributed by atoms with Gasteiger partial charge in [0, 0.05) is 33.2 Å². The van der Waals surface area contributed by atoms with Gasteiger partial charge in [-0.25, -0.2) is 4.98 Å². The number of carbonyl (C=O) groups is 2. The number of nitrogens with zero attached hydrogens (tertiary/aromatic N) is 1. The van der Waals surface area contributed by atoms with Crippen LogP contribution in [0.5, 0.6) is 0 Å². The molecule has 0 bridgehead atoms. The van der Waals surface area contributed by atoms with Gasteiger partial charge in [-0.2, -0.15) is 0 Å². The zero-order valence-corrected chi connectivity index (χ0v) is 15.4. The first-order valence-corrected chi connectivity index (χ1v) is 9.64. The van der Waals surface area contributed by atoms with Gasteiger partial charge in [-0.3, -0.25) is 9.59 Å². The van der Waals surface area contributed by atoms with E-state index >= 15 is 0 Å². The van der Waals surface area contributed by atoms with Crippen LogP contribution in [-0.4, -0.2) is 23.3 Å². The predicted molar refractivity (Wildman–Crippen MR) is 107 cm³/mol. The third-order valence-corrected chi connectivity index (χ3v) is 4.55. The van der Waals surface area contributed by atoms with Gasteiger partial charge in [0.15, 0.2) is 5.13 Å². The molecule has 2 rings (SSSR count). The van der Waals surface area contributed by atoms with Crippen LogP contribution in [0.3, 0.4) is 0 Å². The van der Waals surface area contributed by atoms with Gasteiger partial charge in [0.25, 0.3) is 0 Å². The highest BCUT2D eigenvalue weighted by Crippen LogP contribution is 2.24. The first-order valence-electron chi connectivity index (χ1n) is 8.76. The molecule has 0 aliphatic heterocycles. The molecule has 2 aromatic rings. The fourth-order valence-electron chi connectivity index (χ4n) is 2.37. The summed E-state index contributed by atoms with van der Waals surface area (Å²) in [6, 6.07) is 9.92. The van der Waals surface area contributed by atoms with E-state index in [1.807, 2.05) is 42.6 Å². The van der Waals surface area contributed by atoms with Crippen LogP contribution >= 0.6 is 11.3 Å². The number of hydrogen-bond acceptors (Lipinski definition) is 4. The smallest absolute Gasteiger partial charge is 0.226 e. The predicted octanol–water partition coefficient (Wildman–Crippen LogP) is 4.72. The molecule has 1 aromatic heterocycles. The number of anilines is 1. The van der Waals surface area contributed by atoms with Gasteiger partial charge in [0.1, 0.15) is 0 Å². The van der Waals surface area contributed by atoms with Crippen LogP contribution in [0.1, 0.15) is 48.3 Å². The minimum absolute atomic E-state index is 0. The molecule has 0 saturated heterocycles. The quantitative estimate of drug-likeness (QED) is 0.600. The molecule has 6 heteroatoms. The van der Waals surface area contributed by atoms with Crippen molar-refractivity contribution >= 4 is 28.3 Å².